The number of nitrogens with zero attached hydrogens (tertiary/aromatic N) is 1. The molecule has 1 aliphatic rings. The lowest BCUT2D eigenvalue weighted by Gasteiger charge is -2.34. The number of alkyl halides is 2. The first-order valence-electron chi connectivity index (χ1n) is 9.82. The van der Waals surface area contributed by atoms with Gasteiger partial charge in [0.1, 0.15) is 12.2 Å². The zero-order valence-corrected chi connectivity index (χ0v) is 17.4. The quantitative estimate of drug-likeness (QED) is 0.630. The van der Waals surface area contributed by atoms with Gasteiger partial charge in [-0.1, -0.05) is 13.8 Å². The third-order valence-corrected chi connectivity index (χ3v) is 5.16. The van der Waals surface area contributed by atoms with Crippen LogP contribution in [-0.4, -0.2) is 37.3 Å². The fourth-order valence-electron chi connectivity index (χ4n) is 3.72. The van der Waals surface area contributed by atoms with E-state index in [0.29, 0.717) is 17.9 Å². The summed E-state index contributed by atoms with van der Waals surface area (Å²) in [6.07, 6.45) is -0.466. The lowest BCUT2D eigenvalue weighted by atomic mass is 9.87. The minimum atomic E-state index is -2.60. The number of pyridine rings is 1. The van der Waals surface area contributed by atoms with E-state index in [1.54, 1.807) is 25.3 Å². The monoisotopic (exact) mass is 421 g/mol. The number of rotatable bonds is 7. The molecule has 1 atom stereocenters. The lowest BCUT2D eigenvalue weighted by Crippen LogP contribution is -2.28. The zero-order chi connectivity index (χ0) is 22.0. The normalized spacial score (nSPS) is 15.0. The van der Waals surface area contributed by atoms with Crippen LogP contribution in [0.15, 0.2) is 29.2 Å². The van der Waals surface area contributed by atoms with Gasteiger partial charge in [0.2, 0.25) is 0 Å². The van der Waals surface area contributed by atoms with Gasteiger partial charge >= 0.3 is 5.97 Å². The molecule has 30 heavy (non-hydrogen) atoms. The summed E-state index contributed by atoms with van der Waals surface area (Å²) in [6.45, 7) is 5.20. The molecule has 0 saturated heterocycles. The second kappa shape index (κ2) is 8.85. The Morgan fingerprint density at radius 3 is 2.57 bits per heavy atom. The van der Waals surface area contributed by atoms with E-state index >= 15 is 0 Å². The molecule has 0 aliphatic carbocycles. The maximum Gasteiger partial charge on any atom is 0.343 e. The first-order chi connectivity index (χ1) is 14.3. The predicted octanol–water partition coefficient (Wildman–Crippen LogP) is 4.10. The zero-order valence-electron chi connectivity index (χ0n) is 17.4. The molecule has 0 fully saturated rings. The fraction of sp³-hybridized carbons (Fsp3) is 0.455. The molecule has 1 unspecified atom stereocenters. The Labute approximate surface area is 173 Å². The van der Waals surface area contributed by atoms with Gasteiger partial charge in [-0.25, -0.2) is 13.6 Å². The van der Waals surface area contributed by atoms with E-state index in [-0.39, 0.29) is 29.9 Å². The summed E-state index contributed by atoms with van der Waals surface area (Å²) < 4.78 is 42.7. The third-order valence-electron chi connectivity index (χ3n) is 5.16. The molecule has 3 rings (SSSR count). The average molecular weight is 421 g/mol. The fourth-order valence-corrected chi connectivity index (χ4v) is 3.72. The van der Waals surface area contributed by atoms with Crippen LogP contribution >= 0.6 is 0 Å². The van der Waals surface area contributed by atoms with Crippen molar-refractivity contribution in [1.29, 1.82) is 0 Å². The van der Waals surface area contributed by atoms with Crippen molar-refractivity contribution in [3.63, 3.8) is 0 Å². The first kappa shape index (κ1) is 21.8. The molecule has 0 N–H and O–H groups in total. The molecule has 2 aromatic rings. The number of fused-ring (bicyclic) bond motifs is 3. The summed E-state index contributed by atoms with van der Waals surface area (Å²) in [5, 5.41) is 0. The van der Waals surface area contributed by atoms with Crippen LogP contribution < -0.4 is 14.9 Å². The van der Waals surface area contributed by atoms with E-state index in [0.717, 1.165) is 11.1 Å². The van der Waals surface area contributed by atoms with Crippen LogP contribution in [0, 0.1) is 5.92 Å². The number of carbonyl (C=O) groups is 1. The maximum absolute atomic E-state index is 12.6. The summed E-state index contributed by atoms with van der Waals surface area (Å²) >= 11 is 0. The van der Waals surface area contributed by atoms with E-state index in [1.807, 2.05) is 18.4 Å². The molecule has 162 valence electrons. The van der Waals surface area contributed by atoms with E-state index < -0.39 is 24.4 Å². The minimum absolute atomic E-state index is 0.0152. The average Bonchev–Trinajstić information content (AvgIpc) is 2.70. The van der Waals surface area contributed by atoms with Crippen LogP contribution in [0.25, 0.3) is 11.3 Å². The van der Waals surface area contributed by atoms with Crippen LogP contribution in [0.5, 0.6) is 11.5 Å². The molecule has 0 bridgehead atoms. The largest absolute Gasteiger partial charge is 0.493 e. The summed E-state index contributed by atoms with van der Waals surface area (Å²) in [4.78, 5) is 24.9. The second-order valence-electron chi connectivity index (χ2n) is 7.44. The van der Waals surface area contributed by atoms with Crippen molar-refractivity contribution in [1.82, 2.24) is 4.57 Å². The van der Waals surface area contributed by atoms with E-state index in [1.165, 1.54) is 13.2 Å². The molecule has 8 heteroatoms. The Bertz CT molecular complexity index is 1000. The maximum atomic E-state index is 12.6. The molecule has 0 saturated carbocycles. The molecule has 0 radical (unpaired) electrons. The van der Waals surface area contributed by atoms with Crippen LogP contribution in [0.3, 0.4) is 0 Å². The van der Waals surface area contributed by atoms with Crippen molar-refractivity contribution in [3.05, 3.63) is 45.7 Å². The standard InChI is InChI=1S/C22H25F2NO5/c1-5-29-22(27)15-10-25-16(12(2)3)6-13-7-20(30-11-21(23)24)19(28-4)8-14(13)17(25)9-18(15)26/h7-10,12,16,21H,5-6,11H2,1-4H3. The highest BCUT2D eigenvalue weighted by atomic mass is 19.3. The highest BCUT2D eigenvalue weighted by Crippen LogP contribution is 2.42. The van der Waals surface area contributed by atoms with Gasteiger partial charge in [-0.3, -0.25) is 4.79 Å². The molecule has 1 aliphatic heterocycles. The molecule has 0 amide bonds. The van der Waals surface area contributed by atoms with Gasteiger partial charge in [-0.15, -0.1) is 0 Å². The van der Waals surface area contributed by atoms with Gasteiger partial charge in [0.05, 0.1) is 19.4 Å². The van der Waals surface area contributed by atoms with Crippen molar-refractivity contribution in [2.75, 3.05) is 20.3 Å². The first-order valence-corrected chi connectivity index (χ1v) is 9.82. The van der Waals surface area contributed by atoms with Crippen LogP contribution in [0.2, 0.25) is 0 Å². The van der Waals surface area contributed by atoms with Crippen molar-refractivity contribution in [3.8, 4) is 22.8 Å². The van der Waals surface area contributed by atoms with Gasteiger partial charge in [0, 0.05) is 23.9 Å². The van der Waals surface area contributed by atoms with Crippen LogP contribution in [0.1, 0.15) is 42.7 Å². The minimum Gasteiger partial charge on any atom is -0.493 e. The predicted molar refractivity (Wildman–Crippen MR) is 108 cm³/mol. The molecule has 1 aromatic heterocycles. The highest BCUT2D eigenvalue weighted by molar-refractivity contribution is 5.89. The summed E-state index contributed by atoms with van der Waals surface area (Å²) in [6, 6.07) is 4.75. The molecular weight excluding hydrogens is 396 g/mol. The van der Waals surface area contributed by atoms with Crippen molar-refractivity contribution < 1.29 is 27.8 Å². The van der Waals surface area contributed by atoms with E-state index in [9.17, 15) is 18.4 Å². The summed E-state index contributed by atoms with van der Waals surface area (Å²) in [7, 11) is 1.42. The molecule has 0 spiro atoms. The van der Waals surface area contributed by atoms with E-state index in [2.05, 4.69) is 0 Å². The molecular formula is C22H25F2NO5. The highest BCUT2D eigenvalue weighted by Gasteiger charge is 2.29. The van der Waals surface area contributed by atoms with Gasteiger partial charge in [-0.2, -0.15) is 0 Å². The Balaban J connectivity index is 2.16. The molecule has 2 heterocycles. The van der Waals surface area contributed by atoms with Crippen molar-refractivity contribution >= 4 is 5.97 Å². The van der Waals surface area contributed by atoms with E-state index in [4.69, 9.17) is 14.2 Å². The van der Waals surface area contributed by atoms with Gasteiger partial charge in [0.25, 0.3) is 6.43 Å². The third kappa shape index (κ3) is 4.17. The lowest BCUT2D eigenvalue weighted by molar-refractivity contribution is 0.0523. The number of hydrogen-bond acceptors (Lipinski definition) is 5. The number of hydrogen-bond donors (Lipinski definition) is 0. The Hall–Kier alpha value is -2.90. The van der Waals surface area contributed by atoms with Gasteiger partial charge in [0.15, 0.2) is 16.9 Å². The Morgan fingerprint density at radius 1 is 1.23 bits per heavy atom. The number of benzene rings is 1. The summed E-state index contributed by atoms with van der Waals surface area (Å²) in [5.74, 6) is 0.0604. The van der Waals surface area contributed by atoms with Gasteiger partial charge < -0.3 is 18.8 Å². The SMILES string of the molecule is CCOC(=O)c1cn2c(cc1=O)-c1cc(OC)c(OCC(F)F)cc1CC2C(C)C. The van der Waals surface area contributed by atoms with Crippen molar-refractivity contribution in [2.45, 2.75) is 39.7 Å². The molecule has 1 aromatic carbocycles. The van der Waals surface area contributed by atoms with Crippen LogP contribution in [0.4, 0.5) is 8.78 Å². The smallest absolute Gasteiger partial charge is 0.343 e. The number of ether oxygens (including phenoxy) is 3. The number of esters is 1. The Morgan fingerprint density at radius 2 is 1.97 bits per heavy atom. The van der Waals surface area contributed by atoms with Crippen LogP contribution in [-0.2, 0) is 11.2 Å². The second-order valence-corrected chi connectivity index (χ2v) is 7.44. The number of carbonyl (C=O) groups excluding carboxylic acids is 1. The topological polar surface area (TPSA) is 66.8 Å². The number of methoxy groups -OCH3 is 1. The van der Waals surface area contributed by atoms with Gasteiger partial charge in [-0.05, 0) is 37.0 Å². The summed E-state index contributed by atoms with van der Waals surface area (Å²) in [5.41, 5.74) is 1.78. The van der Waals surface area contributed by atoms with Crippen molar-refractivity contribution in [2.24, 2.45) is 5.92 Å². The Kier molecular flexibility index (Phi) is 6.43. The molecule has 6 nitrogen and oxygen atoms in total. The number of halogens is 2. The number of aromatic nitrogens is 1.